The summed E-state index contributed by atoms with van der Waals surface area (Å²) < 4.78 is 269. The highest BCUT2D eigenvalue weighted by molar-refractivity contribution is 6.76. The second-order valence-electron chi connectivity index (χ2n) is 16.0. The number of esters is 1. The van der Waals surface area contributed by atoms with Gasteiger partial charge in [0.2, 0.25) is 0 Å². The highest BCUT2D eigenvalue weighted by atomic mass is 28.4. The molecule has 0 aromatic heterocycles. The second-order valence-corrected chi connectivity index (χ2v) is 21.0. The number of ether oxygens (including phenoxy) is 5. The van der Waals surface area contributed by atoms with Gasteiger partial charge >= 0.3 is 59.7 Å². The molecule has 1 N–H and O–H groups in total. The number of carbonyl (C=O) groups is 2. The molecule has 0 aliphatic heterocycles. The minimum Gasteiger partial charge on any atom is -0.497 e. The maximum absolute atomic E-state index is 15.1. The molecular formula is C43H50F17NO8Si. The number of allylic oxidation sites excluding steroid dienone is 1. The van der Waals surface area contributed by atoms with Crippen LogP contribution in [0.1, 0.15) is 58.6 Å². The molecule has 9 nitrogen and oxygen atoms in total. The minimum absolute atomic E-state index is 0.0212. The van der Waals surface area contributed by atoms with Gasteiger partial charge in [0.15, 0.2) is 14.4 Å². The number of anilines is 1. The second kappa shape index (κ2) is 23.6. The maximum Gasteiger partial charge on any atom is 0.460 e. The van der Waals surface area contributed by atoms with Crippen molar-refractivity contribution in [2.75, 3.05) is 39.4 Å². The van der Waals surface area contributed by atoms with Crippen LogP contribution in [-0.2, 0) is 23.4 Å². The number of nitrogens with one attached hydrogen (secondary N) is 1. The van der Waals surface area contributed by atoms with Crippen LogP contribution >= 0.6 is 0 Å². The van der Waals surface area contributed by atoms with E-state index in [1.54, 1.807) is 12.1 Å². The number of halogens is 17. The van der Waals surface area contributed by atoms with Crippen LogP contribution in [0.4, 0.5) is 85.1 Å². The van der Waals surface area contributed by atoms with Crippen LogP contribution < -0.4 is 14.8 Å². The third-order valence-corrected chi connectivity index (χ3v) is 16.6. The molecule has 0 spiro atoms. The normalized spacial score (nSPS) is 14.7. The highest BCUT2D eigenvalue weighted by Crippen LogP contribution is 2.64. The Morgan fingerprint density at radius 1 is 0.686 bits per heavy atom. The Morgan fingerprint density at radius 3 is 1.66 bits per heavy atom. The number of rotatable bonds is 28. The molecule has 2 aromatic carbocycles. The Bertz CT molecular complexity index is 2030. The van der Waals surface area contributed by atoms with Gasteiger partial charge in [0.05, 0.1) is 19.8 Å². The van der Waals surface area contributed by atoms with E-state index >= 15 is 8.78 Å². The van der Waals surface area contributed by atoms with Crippen molar-refractivity contribution in [1.82, 2.24) is 0 Å². The number of carbonyl (C=O) groups excluding carboxylic acids is 2. The molecule has 0 radical (unpaired) electrons. The molecule has 2 atom stereocenters. The van der Waals surface area contributed by atoms with Crippen LogP contribution in [0.25, 0.3) is 0 Å². The van der Waals surface area contributed by atoms with Crippen molar-refractivity contribution in [1.29, 1.82) is 0 Å². The first-order valence-electron chi connectivity index (χ1n) is 20.7. The average molecular weight is 1060 g/mol. The number of alkyl halides is 17. The summed E-state index contributed by atoms with van der Waals surface area (Å²) in [6.45, 7) is 7.68. The van der Waals surface area contributed by atoms with Gasteiger partial charge in [-0.25, -0.2) is 9.59 Å². The highest BCUT2D eigenvalue weighted by Gasteiger charge is 2.95. The third-order valence-electron chi connectivity index (χ3n) is 10.9. The molecule has 2 aromatic rings. The van der Waals surface area contributed by atoms with E-state index in [2.05, 4.69) is 11.9 Å². The molecule has 0 heterocycles. The largest absolute Gasteiger partial charge is 0.497 e. The predicted molar refractivity (Wildman–Crippen MR) is 220 cm³/mol. The zero-order chi connectivity index (χ0) is 54.0. The van der Waals surface area contributed by atoms with Crippen molar-refractivity contribution in [2.45, 2.75) is 124 Å². The average Bonchev–Trinajstić information content (AvgIpc) is 3.27. The van der Waals surface area contributed by atoms with E-state index in [-0.39, 0.29) is 25.2 Å². The summed E-state index contributed by atoms with van der Waals surface area (Å²) in [4.78, 5) is 24.9. The number of amides is 1. The van der Waals surface area contributed by atoms with Gasteiger partial charge in [-0.2, -0.15) is 74.6 Å². The fourth-order valence-electron chi connectivity index (χ4n) is 6.82. The Hall–Kier alpha value is -4.79. The van der Waals surface area contributed by atoms with E-state index < -0.39 is 117 Å². The summed E-state index contributed by atoms with van der Waals surface area (Å²) in [7, 11) is -1.26. The van der Waals surface area contributed by atoms with Crippen LogP contribution in [0.2, 0.25) is 17.1 Å². The standard InChI is InChI=1S/C43H50F17NO8Si/c1-8-22-67-33(62)12-10-9-11-32(65-7)34(69-35(63)61-29-15-19-30(64-6)20-16-29)28-13-17-31(18-14-28)66-23-24-68-70(26(2)3,27(4)5)25-21-36(44,45)37(46,47)38(48,49)39(50,51)40(52,53)41(54,55)42(56,57)43(58,59)60/h8,10,12-20,26-27,32,34H,1,9,11,21-25H2,2-7H3,(H,61,63)/b12-10+/t32-,34-/m1/s1. The van der Waals surface area contributed by atoms with E-state index in [1.165, 1.54) is 96.5 Å². The van der Waals surface area contributed by atoms with E-state index in [4.69, 9.17) is 28.1 Å². The zero-order valence-corrected chi connectivity index (χ0v) is 39.0. The number of methoxy groups -OCH3 is 2. The summed E-state index contributed by atoms with van der Waals surface area (Å²) in [5.74, 6) is -57.0. The fourth-order valence-corrected chi connectivity index (χ4v) is 11.3. The molecule has 0 saturated carbocycles. The van der Waals surface area contributed by atoms with Gasteiger partial charge in [-0.1, -0.05) is 58.6 Å². The molecule has 0 unspecified atom stereocenters. The van der Waals surface area contributed by atoms with Crippen molar-refractivity contribution in [2.24, 2.45) is 0 Å². The molecule has 0 bridgehead atoms. The monoisotopic (exact) mass is 1060 g/mol. The number of benzene rings is 2. The number of hydrogen-bond acceptors (Lipinski definition) is 8. The minimum atomic E-state index is -8.71. The lowest BCUT2D eigenvalue weighted by atomic mass is 9.88. The number of hydrogen-bond donors (Lipinski definition) is 1. The molecule has 0 aliphatic carbocycles. The van der Waals surface area contributed by atoms with Gasteiger partial charge in [-0.3, -0.25) is 5.32 Å². The molecule has 0 fully saturated rings. The van der Waals surface area contributed by atoms with E-state index in [1.807, 2.05) is 0 Å². The van der Waals surface area contributed by atoms with E-state index in [0.717, 1.165) is 0 Å². The van der Waals surface area contributed by atoms with E-state index in [0.29, 0.717) is 17.0 Å². The van der Waals surface area contributed by atoms with Crippen LogP contribution in [0.5, 0.6) is 11.5 Å². The third kappa shape index (κ3) is 13.2. The Labute approximate surface area is 391 Å². The first kappa shape index (κ1) is 61.3. The van der Waals surface area contributed by atoms with Crippen molar-refractivity contribution in [3.8, 4) is 11.5 Å². The smallest absolute Gasteiger partial charge is 0.460 e. The van der Waals surface area contributed by atoms with Crippen molar-refractivity contribution in [3.05, 3.63) is 78.9 Å². The topological polar surface area (TPSA) is 102 Å². The Morgan fingerprint density at radius 2 is 1.19 bits per heavy atom. The summed E-state index contributed by atoms with van der Waals surface area (Å²) in [6.07, 6.45) is -8.80. The maximum atomic E-state index is 15.1. The predicted octanol–water partition coefficient (Wildman–Crippen LogP) is 13.6. The summed E-state index contributed by atoms with van der Waals surface area (Å²) in [5.41, 5.74) is -1.13. The van der Waals surface area contributed by atoms with Gasteiger partial charge in [0.1, 0.15) is 24.7 Å². The zero-order valence-electron chi connectivity index (χ0n) is 38.0. The molecule has 27 heteroatoms. The van der Waals surface area contributed by atoms with Gasteiger partial charge in [-0.05, 0) is 71.9 Å². The van der Waals surface area contributed by atoms with Crippen LogP contribution in [-0.4, -0.2) is 108 Å². The van der Waals surface area contributed by atoms with Crippen molar-refractivity contribution < 1.29 is 112 Å². The lowest BCUT2D eigenvalue weighted by molar-refractivity contribution is -0.461. The SMILES string of the molecule is C=CCOC(=O)/C=C/CC[C@@H](OC)[C@H](OC(=O)Nc1ccc(OC)cc1)c1ccc(OCCO[Si](CCC(F)(F)C(F)(F)C(F)(F)C(F)(F)C(F)(F)C(F)(F)C(F)(F)C(F)(F)F)(C(C)C)C(C)C)cc1. The molecular weight excluding hydrogens is 1010 g/mol. The quantitative estimate of drug-likeness (QED) is 0.0225. The first-order valence-corrected chi connectivity index (χ1v) is 22.9. The Kier molecular flexibility index (Phi) is 20.7. The summed E-state index contributed by atoms with van der Waals surface area (Å²) in [6, 6.07) is 10.6. The van der Waals surface area contributed by atoms with Gasteiger partial charge in [-0.15, -0.1) is 0 Å². The van der Waals surface area contributed by atoms with Gasteiger partial charge < -0.3 is 28.1 Å². The van der Waals surface area contributed by atoms with E-state index in [9.17, 15) is 75.4 Å². The molecule has 0 saturated heterocycles. The molecule has 1 amide bonds. The summed E-state index contributed by atoms with van der Waals surface area (Å²) >= 11 is 0. The van der Waals surface area contributed by atoms with Crippen LogP contribution in [0.3, 0.4) is 0 Å². The van der Waals surface area contributed by atoms with Crippen LogP contribution in [0.15, 0.2) is 73.3 Å². The Balaban J connectivity index is 2.32. The lowest BCUT2D eigenvalue weighted by Crippen LogP contribution is -2.74. The molecule has 398 valence electrons. The molecule has 70 heavy (non-hydrogen) atoms. The first-order chi connectivity index (χ1) is 32.0. The van der Waals surface area contributed by atoms with Crippen LogP contribution in [0, 0.1) is 0 Å². The van der Waals surface area contributed by atoms with Gasteiger partial charge in [0, 0.05) is 25.3 Å². The fraction of sp³-hybridized carbons (Fsp3) is 0.581. The lowest BCUT2D eigenvalue weighted by Gasteiger charge is -2.44. The molecule has 2 rings (SSSR count). The van der Waals surface area contributed by atoms with Gasteiger partial charge in [0.25, 0.3) is 0 Å². The van der Waals surface area contributed by atoms with Crippen molar-refractivity contribution >= 4 is 26.1 Å². The van der Waals surface area contributed by atoms with Crippen molar-refractivity contribution in [3.63, 3.8) is 0 Å². The summed E-state index contributed by atoms with van der Waals surface area (Å²) in [5, 5.41) is 2.56. The molecule has 0 aliphatic rings.